The van der Waals surface area contributed by atoms with Gasteiger partial charge in [0.2, 0.25) is 0 Å². The number of ether oxygens (including phenoxy) is 1. The van der Waals surface area contributed by atoms with Crippen LogP contribution in [0.5, 0.6) is 0 Å². The Labute approximate surface area is 75.8 Å². The largest absolute Gasteiger partial charge is 0.397 e. The summed E-state index contributed by atoms with van der Waals surface area (Å²) in [4.78, 5) is 20.4. The number of carbonyl (C=O) groups excluding carboxylic acids is 2. The number of aliphatic hydroxyl groups is 3. The van der Waals surface area contributed by atoms with Crippen LogP contribution >= 0.6 is 0 Å². The van der Waals surface area contributed by atoms with Crippen LogP contribution in [0, 0.1) is 0 Å². The fourth-order valence-corrected chi connectivity index (χ4v) is 0.284. The molecule has 78 valence electrons. The van der Waals surface area contributed by atoms with Crippen LogP contribution in [0.4, 0.5) is 0 Å². The number of carbonyl (C=O) groups is 2. The Bertz CT molecular complexity index is 155. The Morgan fingerprint density at radius 3 is 2.00 bits per heavy atom. The molecule has 0 amide bonds. The van der Waals surface area contributed by atoms with Gasteiger partial charge in [-0.05, 0) is 6.92 Å². The molecule has 6 nitrogen and oxygen atoms in total. The summed E-state index contributed by atoms with van der Waals surface area (Å²) in [5.41, 5.74) is 0. The molecule has 0 aliphatic rings. The van der Waals surface area contributed by atoms with Gasteiger partial charge in [0.25, 0.3) is 0 Å². The molecule has 13 heavy (non-hydrogen) atoms. The molecule has 0 spiro atoms. The van der Waals surface area contributed by atoms with Gasteiger partial charge >= 0.3 is 11.9 Å². The molecule has 0 bridgehead atoms. The molecule has 0 fully saturated rings. The Kier molecular flexibility index (Phi) is 10.2. The minimum Gasteiger partial charge on any atom is -0.397 e. The van der Waals surface area contributed by atoms with Gasteiger partial charge in [0.1, 0.15) is 0 Å². The summed E-state index contributed by atoms with van der Waals surface area (Å²) in [5.74, 6) is -1.94. The van der Waals surface area contributed by atoms with Crippen LogP contribution in [-0.2, 0) is 14.3 Å². The van der Waals surface area contributed by atoms with E-state index in [0.29, 0.717) is 0 Å². The quantitative estimate of drug-likeness (QED) is 0.362. The summed E-state index contributed by atoms with van der Waals surface area (Å²) in [7, 11) is 0. The molecule has 0 aromatic carbocycles. The Balaban J connectivity index is 0. The zero-order valence-electron chi connectivity index (χ0n) is 7.56. The summed E-state index contributed by atoms with van der Waals surface area (Å²) in [6, 6.07) is 0. The lowest BCUT2D eigenvalue weighted by atomic mass is 10.4. The number of esters is 2. The van der Waals surface area contributed by atoms with Crippen molar-refractivity contribution in [2.45, 2.75) is 20.0 Å². The number of hydrogen-bond donors (Lipinski definition) is 3. The van der Waals surface area contributed by atoms with E-state index in [4.69, 9.17) is 15.3 Å². The van der Waals surface area contributed by atoms with Crippen molar-refractivity contribution in [2.24, 2.45) is 0 Å². The summed E-state index contributed by atoms with van der Waals surface area (Å²) in [6.07, 6.45) is -1.62. The molecule has 0 aliphatic carbocycles. The van der Waals surface area contributed by atoms with E-state index in [9.17, 15) is 9.59 Å². The minimum atomic E-state index is -1.62. The standard InChI is InChI=1S/C5H8O5.C2H6O/c1-3(7)10-5(9)4(8)2-6;1-2-3/h4,6,8H,2H2,1H3;3H,2H2,1H3. The van der Waals surface area contributed by atoms with Gasteiger partial charge in [-0.3, -0.25) is 4.79 Å². The van der Waals surface area contributed by atoms with Gasteiger partial charge in [0, 0.05) is 13.5 Å². The summed E-state index contributed by atoms with van der Waals surface area (Å²) in [6.45, 7) is 2.22. The van der Waals surface area contributed by atoms with Crippen LogP contribution in [0.15, 0.2) is 0 Å². The lowest BCUT2D eigenvalue weighted by molar-refractivity contribution is -0.165. The first-order valence-electron chi connectivity index (χ1n) is 3.61. The van der Waals surface area contributed by atoms with Crippen molar-refractivity contribution in [1.82, 2.24) is 0 Å². The maximum atomic E-state index is 10.3. The third-order valence-corrected chi connectivity index (χ3v) is 0.689. The van der Waals surface area contributed by atoms with Gasteiger partial charge < -0.3 is 20.1 Å². The molecule has 0 saturated carbocycles. The maximum absolute atomic E-state index is 10.3. The molecule has 1 atom stereocenters. The first-order valence-corrected chi connectivity index (χ1v) is 3.61. The average molecular weight is 194 g/mol. The van der Waals surface area contributed by atoms with Gasteiger partial charge in [-0.25, -0.2) is 4.79 Å². The highest BCUT2D eigenvalue weighted by atomic mass is 16.6. The molecule has 1 unspecified atom stereocenters. The van der Waals surface area contributed by atoms with Crippen molar-refractivity contribution in [1.29, 1.82) is 0 Å². The van der Waals surface area contributed by atoms with Crippen molar-refractivity contribution in [3.8, 4) is 0 Å². The van der Waals surface area contributed by atoms with E-state index < -0.39 is 24.6 Å². The van der Waals surface area contributed by atoms with Crippen LogP contribution in [-0.4, -0.2) is 46.6 Å². The van der Waals surface area contributed by atoms with E-state index in [0.717, 1.165) is 6.92 Å². The molecule has 0 aromatic heterocycles. The minimum absolute atomic E-state index is 0.250. The van der Waals surface area contributed by atoms with Crippen LogP contribution in [0.3, 0.4) is 0 Å². The second kappa shape index (κ2) is 9.11. The van der Waals surface area contributed by atoms with Crippen LogP contribution in [0.25, 0.3) is 0 Å². The van der Waals surface area contributed by atoms with Crippen molar-refractivity contribution in [3.05, 3.63) is 0 Å². The second-order valence-corrected chi connectivity index (χ2v) is 1.93. The molecule has 0 rings (SSSR count). The van der Waals surface area contributed by atoms with E-state index in [1.54, 1.807) is 6.92 Å². The van der Waals surface area contributed by atoms with Gasteiger partial charge in [0.15, 0.2) is 6.10 Å². The predicted octanol–water partition coefficient (Wildman–Crippen LogP) is -1.57. The third-order valence-electron chi connectivity index (χ3n) is 0.689. The zero-order valence-corrected chi connectivity index (χ0v) is 7.56. The van der Waals surface area contributed by atoms with Crippen molar-refractivity contribution in [2.75, 3.05) is 13.2 Å². The molecule has 0 aromatic rings. The lowest BCUT2D eigenvalue weighted by Gasteiger charge is -2.02. The highest BCUT2D eigenvalue weighted by Gasteiger charge is 2.16. The molecule has 6 heteroatoms. The normalized spacial score (nSPS) is 10.8. The summed E-state index contributed by atoms with van der Waals surface area (Å²) >= 11 is 0. The van der Waals surface area contributed by atoms with E-state index in [-0.39, 0.29) is 6.61 Å². The van der Waals surface area contributed by atoms with Crippen molar-refractivity contribution < 1.29 is 29.6 Å². The van der Waals surface area contributed by atoms with Gasteiger partial charge in [-0.2, -0.15) is 0 Å². The maximum Gasteiger partial charge on any atom is 0.345 e. The van der Waals surface area contributed by atoms with Crippen LogP contribution in [0.2, 0.25) is 0 Å². The smallest absolute Gasteiger partial charge is 0.345 e. The third kappa shape index (κ3) is 11.0. The van der Waals surface area contributed by atoms with E-state index in [1.807, 2.05) is 0 Å². The van der Waals surface area contributed by atoms with E-state index in [1.165, 1.54) is 0 Å². The van der Waals surface area contributed by atoms with Gasteiger partial charge in [-0.15, -0.1) is 0 Å². The van der Waals surface area contributed by atoms with Crippen LogP contribution < -0.4 is 0 Å². The van der Waals surface area contributed by atoms with E-state index in [2.05, 4.69) is 4.74 Å². The summed E-state index contributed by atoms with van der Waals surface area (Å²) in [5, 5.41) is 24.2. The molecular weight excluding hydrogens is 180 g/mol. The molecule has 0 saturated heterocycles. The Hall–Kier alpha value is -0.980. The zero-order chi connectivity index (χ0) is 10.9. The van der Waals surface area contributed by atoms with Crippen molar-refractivity contribution >= 4 is 11.9 Å². The first-order chi connectivity index (χ1) is 5.99. The molecular formula is C7H14O6. The topological polar surface area (TPSA) is 104 Å². The van der Waals surface area contributed by atoms with Gasteiger partial charge in [-0.1, -0.05) is 0 Å². The SMILES string of the molecule is CC(=O)OC(=O)C(O)CO.CCO. The fraction of sp³-hybridized carbons (Fsp3) is 0.714. The number of hydrogen-bond acceptors (Lipinski definition) is 6. The predicted molar refractivity (Wildman–Crippen MR) is 42.6 cm³/mol. The molecule has 0 aliphatic heterocycles. The lowest BCUT2D eigenvalue weighted by Crippen LogP contribution is -2.27. The van der Waals surface area contributed by atoms with Gasteiger partial charge in [0.05, 0.1) is 6.61 Å². The monoisotopic (exact) mass is 194 g/mol. The fourth-order valence-electron chi connectivity index (χ4n) is 0.284. The Morgan fingerprint density at radius 1 is 1.38 bits per heavy atom. The molecule has 3 N–H and O–H groups in total. The Morgan fingerprint density at radius 2 is 1.77 bits per heavy atom. The second-order valence-electron chi connectivity index (χ2n) is 1.93. The highest BCUT2D eigenvalue weighted by molar-refractivity contribution is 5.86. The number of rotatable bonds is 2. The highest BCUT2D eigenvalue weighted by Crippen LogP contribution is 1.86. The van der Waals surface area contributed by atoms with Crippen LogP contribution in [0.1, 0.15) is 13.8 Å². The van der Waals surface area contributed by atoms with Crippen molar-refractivity contribution in [3.63, 3.8) is 0 Å². The molecule has 0 heterocycles. The average Bonchev–Trinajstić information content (AvgIpc) is 2.03. The van der Waals surface area contributed by atoms with E-state index >= 15 is 0 Å². The number of aliphatic hydroxyl groups excluding tert-OH is 3. The summed E-state index contributed by atoms with van der Waals surface area (Å²) < 4.78 is 3.92. The molecule has 0 radical (unpaired) electrons. The first kappa shape index (κ1) is 14.5.